The highest BCUT2D eigenvalue weighted by molar-refractivity contribution is 5.16. The summed E-state index contributed by atoms with van der Waals surface area (Å²) >= 11 is 0. The summed E-state index contributed by atoms with van der Waals surface area (Å²) in [6, 6.07) is 9.42. The Labute approximate surface area is 149 Å². The third-order valence-electron chi connectivity index (χ3n) is 5.10. The van der Waals surface area contributed by atoms with Gasteiger partial charge >= 0.3 is 5.69 Å². The van der Waals surface area contributed by atoms with Gasteiger partial charge in [0.1, 0.15) is 11.7 Å². The molecule has 0 spiro atoms. The molecule has 2 bridgehead atoms. The normalized spacial score (nSPS) is 30.0. The van der Waals surface area contributed by atoms with Crippen molar-refractivity contribution in [3.05, 3.63) is 68.5 Å². The molecule has 8 heteroatoms. The zero-order chi connectivity index (χ0) is 18.3. The van der Waals surface area contributed by atoms with Crippen molar-refractivity contribution in [1.29, 1.82) is 0 Å². The topological polar surface area (TPSA) is 106 Å². The molecule has 8 nitrogen and oxygen atoms in total. The molecule has 2 aromatic rings. The number of aliphatic hydroxyl groups excluding tert-OH is 1. The van der Waals surface area contributed by atoms with Crippen molar-refractivity contribution in [3.8, 4) is 0 Å². The van der Waals surface area contributed by atoms with E-state index in [0.29, 0.717) is 18.7 Å². The summed E-state index contributed by atoms with van der Waals surface area (Å²) in [7, 11) is 0. The number of nitrogens with one attached hydrogen (secondary N) is 2. The highest BCUT2D eigenvalue weighted by Gasteiger charge is 2.61. The van der Waals surface area contributed by atoms with Gasteiger partial charge in [0.05, 0.1) is 19.3 Å². The largest absolute Gasteiger partial charge is 0.393 e. The molecule has 26 heavy (non-hydrogen) atoms. The van der Waals surface area contributed by atoms with Gasteiger partial charge in [0.25, 0.3) is 5.56 Å². The van der Waals surface area contributed by atoms with Gasteiger partial charge in [0.15, 0.2) is 6.23 Å². The first-order valence-electron chi connectivity index (χ1n) is 8.54. The Hall–Kier alpha value is -2.26. The highest BCUT2D eigenvalue weighted by atomic mass is 16.6. The molecule has 2 aliphatic heterocycles. The molecule has 2 fully saturated rings. The summed E-state index contributed by atoms with van der Waals surface area (Å²) in [5.74, 6) is 0. The second-order valence-electron chi connectivity index (χ2n) is 6.83. The first-order chi connectivity index (χ1) is 12.5. The lowest BCUT2D eigenvalue weighted by molar-refractivity contribution is -0.142. The average molecular weight is 359 g/mol. The third kappa shape index (κ3) is 2.71. The van der Waals surface area contributed by atoms with Crippen LogP contribution in [0.3, 0.4) is 0 Å². The van der Waals surface area contributed by atoms with E-state index in [-0.39, 0.29) is 12.6 Å². The molecule has 2 saturated heterocycles. The van der Waals surface area contributed by atoms with Crippen LogP contribution in [0.5, 0.6) is 0 Å². The number of aliphatic hydroxyl groups is 1. The Morgan fingerprint density at radius 1 is 1.35 bits per heavy atom. The average Bonchev–Trinajstić information content (AvgIpc) is 3.16. The van der Waals surface area contributed by atoms with Crippen molar-refractivity contribution in [3.63, 3.8) is 0 Å². The number of rotatable bonds is 5. The highest BCUT2D eigenvalue weighted by Crippen LogP contribution is 2.42. The van der Waals surface area contributed by atoms with Crippen LogP contribution in [0.2, 0.25) is 0 Å². The molecule has 0 amide bonds. The molecule has 0 radical (unpaired) electrons. The Balaban J connectivity index is 1.62. The number of nitrogens with zero attached hydrogens (tertiary/aromatic N) is 1. The molecule has 0 unspecified atom stereocenters. The van der Waals surface area contributed by atoms with Crippen LogP contribution in [-0.4, -0.2) is 45.6 Å². The first kappa shape index (κ1) is 17.2. The standard InChI is InChI=1S/C18H21N3O5/c1-11-7-21(17(24)20-15(11)23)16-13-14(18(10-22,26-16)9-19-13)25-8-12-5-3-2-4-6-12/h2-7,13-14,16,19,22H,8-10H2,1H3,(H,20,23,24)/t13-,14-,16-,18-/m1/s1. The minimum absolute atomic E-state index is 0.233. The Bertz CT molecular complexity index is 909. The number of aromatic nitrogens is 2. The molecule has 0 saturated carbocycles. The van der Waals surface area contributed by atoms with E-state index in [1.807, 2.05) is 30.3 Å². The van der Waals surface area contributed by atoms with Crippen LogP contribution in [0.25, 0.3) is 0 Å². The fraction of sp³-hybridized carbons (Fsp3) is 0.444. The summed E-state index contributed by atoms with van der Waals surface area (Å²) < 4.78 is 13.5. The SMILES string of the molecule is Cc1cn([C@@H]2O[C@@]3(CO)CN[C@@H]2[C@H]3OCc2ccccc2)c(=O)[nH]c1=O. The number of hydrogen-bond donors (Lipinski definition) is 3. The number of benzene rings is 1. The summed E-state index contributed by atoms with van der Waals surface area (Å²) in [5, 5.41) is 13.2. The van der Waals surface area contributed by atoms with Crippen LogP contribution in [0.1, 0.15) is 17.4 Å². The number of ether oxygens (including phenoxy) is 2. The van der Waals surface area contributed by atoms with Gasteiger partial charge in [-0.1, -0.05) is 30.3 Å². The Kier molecular flexibility index (Phi) is 4.28. The second-order valence-corrected chi connectivity index (χ2v) is 6.83. The number of H-pyrrole nitrogens is 1. The maximum atomic E-state index is 12.2. The van der Waals surface area contributed by atoms with Crippen LogP contribution >= 0.6 is 0 Å². The van der Waals surface area contributed by atoms with Crippen LogP contribution in [0.15, 0.2) is 46.1 Å². The van der Waals surface area contributed by atoms with Gasteiger partial charge in [-0.05, 0) is 12.5 Å². The molecule has 3 heterocycles. The summed E-state index contributed by atoms with van der Waals surface area (Å²) in [6.45, 7) is 2.20. The molecular formula is C18H21N3O5. The van der Waals surface area contributed by atoms with E-state index in [1.54, 1.807) is 6.92 Å². The van der Waals surface area contributed by atoms with Crippen molar-refractivity contribution < 1.29 is 14.6 Å². The van der Waals surface area contributed by atoms with Gasteiger partial charge in [0.2, 0.25) is 0 Å². The fourth-order valence-electron chi connectivity index (χ4n) is 3.70. The molecule has 4 rings (SSSR count). The maximum absolute atomic E-state index is 12.2. The predicted octanol–water partition coefficient (Wildman–Crippen LogP) is -0.338. The van der Waals surface area contributed by atoms with E-state index in [9.17, 15) is 14.7 Å². The maximum Gasteiger partial charge on any atom is 0.330 e. The fourth-order valence-corrected chi connectivity index (χ4v) is 3.70. The number of aryl methyl sites for hydroxylation is 1. The number of hydrogen-bond acceptors (Lipinski definition) is 6. The van der Waals surface area contributed by atoms with E-state index >= 15 is 0 Å². The number of aromatic amines is 1. The zero-order valence-corrected chi connectivity index (χ0v) is 14.3. The van der Waals surface area contributed by atoms with Crippen LogP contribution in [-0.2, 0) is 16.1 Å². The number of morpholine rings is 1. The van der Waals surface area contributed by atoms with E-state index < -0.39 is 29.2 Å². The predicted molar refractivity (Wildman–Crippen MR) is 92.8 cm³/mol. The lowest BCUT2D eigenvalue weighted by atomic mass is 10.00. The lowest BCUT2D eigenvalue weighted by Crippen LogP contribution is -2.48. The van der Waals surface area contributed by atoms with Gasteiger partial charge < -0.3 is 19.9 Å². The quantitative estimate of drug-likeness (QED) is 0.675. The van der Waals surface area contributed by atoms with E-state index in [4.69, 9.17) is 9.47 Å². The van der Waals surface area contributed by atoms with Gasteiger partial charge in [-0.3, -0.25) is 14.3 Å². The minimum atomic E-state index is -0.923. The molecule has 1 aromatic carbocycles. The van der Waals surface area contributed by atoms with Gasteiger partial charge in [-0.2, -0.15) is 0 Å². The van der Waals surface area contributed by atoms with E-state index in [1.165, 1.54) is 10.8 Å². The molecule has 4 atom stereocenters. The zero-order valence-electron chi connectivity index (χ0n) is 14.3. The van der Waals surface area contributed by atoms with Crippen molar-refractivity contribution in [1.82, 2.24) is 14.9 Å². The summed E-state index contributed by atoms with van der Waals surface area (Å²) in [5.41, 5.74) is -0.463. The number of fused-ring (bicyclic) bond motifs is 2. The van der Waals surface area contributed by atoms with Crippen molar-refractivity contribution in [2.24, 2.45) is 0 Å². The summed E-state index contributed by atoms with van der Waals surface area (Å²) in [6.07, 6.45) is 0.393. The Morgan fingerprint density at radius 2 is 2.12 bits per heavy atom. The third-order valence-corrected chi connectivity index (χ3v) is 5.10. The molecular weight excluding hydrogens is 338 g/mol. The molecule has 3 N–H and O–H groups in total. The molecule has 138 valence electrons. The van der Waals surface area contributed by atoms with Gasteiger partial charge in [-0.15, -0.1) is 0 Å². The van der Waals surface area contributed by atoms with Crippen molar-refractivity contribution in [2.75, 3.05) is 13.2 Å². The Morgan fingerprint density at radius 3 is 2.85 bits per heavy atom. The minimum Gasteiger partial charge on any atom is -0.393 e. The van der Waals surface area contributed by atoms with Crippen molar-refractivity contribution >= 4 is 0 Å². The van der Waals surface area contributed by atoms with Crippen LogP contribution < -0.4 is 16.6 Å². The second kappa shape index (κ2) is 6.48. The van der Waals surface area contributed by atoms with Crippen molar-refractivity contribution in [2.45, 2.75) is 37.5 Å². The van der Waals surface area contributed by atoms with Crippen LogP contribution in [0, 0.1) is 6.92 Å². The smallest absolute Gasteiger partial charge is 0.330 e. The van der Waals surface area contributed by atoms with Crippen LogP contribution in [0.4, 0.5) is 0 Å². The van der Waals surface area contributed by atoms with E-state index in [0.717, 1.165) is 5.56 Å². The lowest BCUT2D eigenvalue weighted by Gasteiger charge is -2.30. The first-order valence-corrected chi connectivity index (χ1v) is 8.54. The van der Waals surface area contributed by atoms with E-state index in [2.05, 4.69) is 10.3 Å². The van der Waals surface area contributed by atoms with Gasteiger partial charge in [0, 0.05) is 18.3 Å². The summed E-state index contributed by atoms with van der Waals surface area (Å²) in [4.78, 5) is 26.1. The molecule has 1 aromatic heterocycles. The molecule has 2 aliphatic rings. The molecule has 0 aliphatic carbocycles. The monoisotopic (exact) mass is 359 g/mol. The van der Waals surface area contributed by atoms with Gasteiger partial charge in [-0.25, -0.2) is 4.79 Å².